The number of guanidine groups is 1. The van der Waals surface area contributed by atoms with Crippen molar-refractivity contribution < 1.29 is 5.11 Å². The molecule has 8 heteroatoms. The fourth-order valence-corrected chi connectivity index (χ4v) is 4.06. The molecule has 1 atom stereocenters. The Morgan fingerprint density at radius 3 is 2.68 bits per heavy atom. The van der Waals surface area contributed by atoms with Crippen LogP contribution in [0.4, 0.5) is 0 Å². The summed E-state index contributed by atoms with van der Waals surface area (Å²) in [6, 6.07) is 10.2. The summed E-state index contributed by atoms with van der Waals surface area (Å²) in [4.78, 5) is 5.62. The van der Waals surface area contributed by atoms with E-state index in [-0.39, 0.29) is 24.0 Å². The summed E-state index contributed by atoms with van der Waals surface area (Å²) >= 11 is 1.63. The van der Waals surface area contributed by atoms with Crippen LogP contribution in [0.15, 0.2) is 35.3 Å². The van der Waals surface area contributed by atoms with E-state index in [4.69, 9.17) is 0 Å². The number of rotatable bonds is 6. The molecule has 0 aliphatic heterocycles. The zero-order valence-corrected chi connectivity index (χ0v) is 19.8. The van der Waals surface area contributed by atoms with Crippen molar-refractivity contribution in [1.82, 2.24) is 20.4 Å². The lowest BCUT2D eigenvalue weighted by Gasteiger charge is -2.14. The third-order valence-electron chi connectivity index (χ3n) is 4.63. The van der Waals surface area contributed by atoms with Gasteiger partial charge in [-0.05, 0) is 38.3 Å². The van der Waals surface area contributed by atoms with Crippen LogP contribution in [0.3, 0.4) is 0 Å². The normalized spacial score (nSPS) is 12.7. The largest absolute Gasteiger partial charge is 0.386 e. The number of halogens is 1. The second-order valence-corrected chi connectivity index (χ2v) is 7.67. The summed E-state index contributed by atoms with van der Waals surface area (Å²) in [5.74, 6) is 0.695. The topological polar surface area (TPSA) is 74.5 Å². The van der Waals surface area contributed by atoms with Crippen molar-refractivity contribution in [1.29, 1.82) is 0 Å². The predicted octanol–water partition coefficient (Wildman–Crippen LogP) is 3.66. The van der Waals surface area contributed by atoms with E-state index in [1.165, 1.54) is 10.1 Å². The van der Waals surface area contributed by atoms with Gasteiger partial charge >= 0.3 is 0 Å². The first kappa shape index (κ1) is 22.6. The number of thiophene rings is 1. The van der Waals surface area contributed by atoms with Gasteiger partial charge < -0.3 is 15.7 Å². The fourth-order valence-electron chi connectivity index (χ4n) is 3.01. The number of hydrogen-bond donors (Lipinski definition) is 3. The number of nitrogens with zero attached hydrogens (tertiary/aromatic N) is 3. The Hall–Kier alpha value is -1.65. The predicted molar refractivity (Wildman–Crippen MR) is 128 cm³/mol. The number of aliphatic hydroxyl groups excluding tert-OH is 1. The minimum Gasteiger partial charge on any atom is -0.386 e. The van der Waals surface area contributed by atoms with Crippen LogP contribution in [0.1, 0.15) is 34.9 Å². The average Bonchev–Trinajstić information content (AvgIpc) is 3.19. The van der Waals surface area contributed by atoms with Gasteiger partial charge in [0.05, 0.1) is 12.2 Å². The second kappa shape index (κ2) is 10.2. The smallest absolute Gasteiger partial charge is 0.191 e. The van der Waals surface area contributed by atoms with Gasteiger partial charge in [-0.25, -0.2) is 4.99 Å². The lowest BCUT2D eigenvalue weighted by atomic mass is 10.2. The maximum Gasteiger partial charge on any atom is 0.191 e. The summed E-state index contributed by atoms with van der Waals surface area (Å²) in [6.07, 6.45) is -0.576. The molecule has 2 heterocycles. The molecule has 28 heavy (non-hydrogen) atoms. The molecule has 0 amide bonds. The molecule has 0 saturated carbocycles. The molecule has 0 radical (unpaired) electrons. The number of aromatic nitrogens is 2. The number of aliphatic imine (C=N–C) groups is 1. The molecule has 3 aromatic rings. The van der Waals surface area contributed by atoms with Gasteiger partial charge in [0, 0.05) is 41.0 Å². The second-order valence-electron chi connectivity index (χ2n) is 6.55. The molecule has 3 rings (SSSR count). The summed E-state index contributed by atoms with van der Waals surface area (Å²) in [7, 11) is 1.94. The Morgan fingerprint density at radius 2 is 2.04 bits per heavy atom. The number of aryl methyl sites for hydroxylation is 2. The van der Waals surface area contributed by atoms with E-state index in [1.54, 1.807) is 11.3 Å². The van der Waals surface area contributed by atoms with Crippen molar-refractivity contribution in [3.63, 3.8) is 0 Å². The van der Waals surface area contributed by atoms with E-state index in [9.17, 15) is 5.11 Å². The van der Waals surface area contributed by atoms with Gasteiger partial charge in [0.25, 0.3) is 0 Å². The van der Waals surface area contributed by atoms with Crippen LogP contribution >= 0.6 is 35.3 Å². The van der Waals surface area contributed by atoms with Crippen LogP contribution in [0.2, 0.25) is 0 Å². The first-order chi connectivity index (χ1) is 13.0. The van der Waals surface area contributed by atoms with Crippen LogP contribution in [-0.2, 0) is 13.6 Å². The van der Waals surface area contributed by atoms with E-state index in [1.807, 2.05) is 37.7 Å². The van der Waals surface area contributed by atoms with E-state index in [2.05, 4.69) is 45.8 Å². The van der Waals surface area contributed by atoms with Crippen LogP contribution in [0.5, 0.6) is 0 Å². The lowest BCUT2D eigenvalue weighted by molar-refractivity contribution is 0.184. The Kier molecular flexibility index (Phi) is 8.26. The van der Waals surface area contributed by atoms with Crippen LogP contribution < -0.4 is 10.6 Å². The van der Waals surface area contributed by atoms with Crippen molar-refractivity contribution in [3.8, 4) is 0 Å². The van der Waals surface area contributed by atoms with Gasteiger partial charge in [-0.3, -0.25) is 4.68 Å². The summed E-state index contributed by atoms with van der Waals surface area (Å²) in [5.41, 5.74) is 3.26. The molecule has 6 nitrogen and oxygen atoms in total. The summed E-state index contributed by atoms with van der Waals surface area (Å²) in [5, 5.41) is 22.7. The monoisotopic (exact) mass is 513 g/mol. The Bertz CT molecular complexity index is 916. The SMILES string of the molecule is CCNC(=NCc1c(C)nn(C)c1C)NCC(O)c1cc2ccccc2s1.I. The first-order valence-electron chi connectivity index (χ1n) is 9.17. The van der Waals surface area contributed by atoms with Gasteiger partial charge in [0.1, 0.15) is 6.10 Å². The van der Waals surface area contributed by atoms with Gasteiger partial charge in [0.15, 0.2) is 5.96 Å². The van der Waals surface area contributed by atoms with Crippen LogP contribution in [0.25, 0.3) is 10.1 Å². The molecule has 0 aliphatic carbocycles. The van der Waals surface area contributed by atoms with Crippen molar-refractivity contribution in [3.05, 3.63) is 52.2 Å². The van der Waals surface area contributed by atoms with E-state index in [0.717, 1.165) is 28.4 Å². The zero-order chi connectivity index (χ0) is 19.4. The minimum atomic E-state index is -0.576. The summed E-state index contributed by atoms with van der Waals surface area (Å²) in [6.45, 7) is 7.80. The van der Waals surface area contributed by atoms with Gasteiger partial charge in [-0.15, -0.1) is 35.3 Å². The molecule has 1 unspecified atom stereocenters. The molecular formula is C20H28IN5OS. The Labute approximate surface area is 187 Å². The van der Waals surface area contributed by atoms with E-state index >= 15 is 0 Å². The number of nitrogens with one attached hydrogen (secondary N) is 2. The number of aliphatic hydroxyl groups is 1. The Morgan fingerprint density at radius 1 is 1.29 bits per heavy atom. The Balaban J connectivity index is 0.00000280. The molecule has 0 spiro atoms. The first-order valence-corrected chi connectivity index (χ1v) is 9.99. The number of fused-ring (bicyclic) bond motifs is 1. The maximum atomic E-state index is 10.6. The molecule has 152 valence electrons. The lowest BCUT2D eigenvalue weighted by Crippen LogP contribution is -2.39. The third-order valence-corrected chi connectivity index (χ3v) is 5.85. The quantitative estimate of drug-likeness (QED) is 0.267. The van der Waals surface area contributed by atoms with Crippen molar-refractivity contribution in [2.45, 2.75) is 33.4 Å². The number of hydrogen-bond acceptors (Lipinski definition) is 4. The third kappa shape index (κ3) is 5.24. The van der Waals surface area contributed by atoms with Crippen molar-refractivity contribution >= 4 is 51.4 Å². The molecule has 0 saturated heterocycles. The van der Waals surface area contributed by atoms with E-state index < -0.39 is 6.10 Å². The maximum absolute atomic E-state index is 10.6. The molecule has 1 aromatic carbocycles. The van der Waals surface area contributed by atoms with E-state index in [0.29, 0.717) is 19.0 Å². The highest BCUT2D eigenvalue weighted by atomic mass is 127. The zero-order valence-electron chi connectivity index (χ0n) is 16.7. The number of benzene rings is 1. The molecule has 2 aromatic heterocycles. The highest BCUT2D eigenvalue weighted by Gasteiger charge is 2.13. The van der Waals surface area contributed by atoms with Gasteiger partial charge in [0.2, 0.25) is 0 Å². The minimum absolute atomic E-state index is 0. The molecule has 0 bridgehead atoms. The van der Waals surface area contributed by atoms with Crippen LogP contribution in [0, 0.1) is 13.8 Å². The van der Waals surface area contributed by atoms with Crippen LogP contribution in [-0.4, -0.2) is 33.9 Å². The molecule has 0 fully saturated rings. The van der Waals surface area contributed by atoms with Gasteiger partial charge in [-0.2, -0.15) is 5.10 Å². The van der Waals surface area contributed by atoms with Crippen molar-refractivity contribution in [2.75, 3.05) is 13.1 Å². The molecular weight excluding hydrogens is 485 g/mol. The summed E-state index contributed by atoms with van der Waals surface area (Å²) < 4.78 is 3.07. The van der Waals surface area contributed by atoms with Crippen molar-refractivity contribution in [2.24, 2.45) is 12.0 Å². The highest BCUT2D eigenvalue weighted by Crippen LogP contribution is 2.29. The standard InChI is InChI=1S/C20H27N5OS.HI/c1-5-21-20(22-11-16-13(2)24-25(4)14(16)3)23-12-17(26)19-10-15-8-6-7-9-18(15)27-19;/h6-10,17,26H,5,11-12H2,1-4H3,(H2,21,22,23);1H. The highest BCUT2D eigenvalue weighted by molar-refractivity contribution is 14.0. The van der Waals surface area contributed by atoms with Gasteiger partial charge in [-0.1, -0.05) is 18.2 Å². The fraction of sp³-hybridized carbons (Fsp3) is 0.400. The molecule has 3 N–H and O–H groups in total. The molecule has 0 aliphatic rings. The average molecular weight is 513 g/mol.